The van der Waals surface area contributed by atoms with Crippen LogP contribution in [0.15, 0.2) is 18.2 Å². The molecule has 1 aliphatic heterocycles. The average Bonchev–Trinajstić information content (AvgIpc) is 2.63. The van der Waals surface area contributed by atoms with Gasteiger partial charge in [-0.15, -0.1) is 0 Å². The van der Waals surface area contributed by atoms with E-state index in [1.54, 1.807) is 0 Å². The lowest BCUT2D eigenvalue weighted by molar-refractivity contribution is 0.261. The van der Waals surface area contributed by atoms with Crippen LogP contribution in [0.5, 0.6) is 11.5 Å². The molecule has 0 radical (unpaired) electrons. The summed E-state index contributed by atoms with van der Waals surface area (Å²) in [7, 11) is 2.10. The number of benzene rings is 1. The maximum atomic E-state index is 8.78. The zero-order chi connectivity index (χ0) is 13.5. The van der Waals surface area contributed by atoms with Crippen LogP contribution in [0, 0.1) is 0 Å². The van der Waals surface area contributed by atoms with Gasteiger partial charge in [0.25, 0.3) is 0 Å². The lowest BCUT2D eigenvalue weighted by Crippen LogP contribution is -2.19. The van der Waals surface area contributed by atoms with Gasteiger partial charge in [-0.1, -0.05) is 6.07 Å². The van der Waals surface area contributed by atoms with E-state index in [2.05, 4.69) is 24.1 Å². The molecule has 0 atom stereocenters. The number of hydrogen-bond donors (Lipinski definition) is 1. The van der Waals surface area contributed by atoms with Gasteiger partial charge in [0.15, 0.2) is 11.5 Å². The summed E-state index contributed by atoms with van der Waals surface area (Å²) in [6, 6.07) is 6.16. The molecule has 1 heterocycles. The van der Waals surface area contributed by atoms with Crippen molar-refractivity contribution < 1.29 is 14.6 Å². The molecule has 0 bridgehead atoms. The number of rotatable bonds is 6. The molecule has 0 unspecified atom stereocenters. The summed E-state index contributed by atoms with van der Waals surface area (Å²) < 4.78 is 11.3. The second kappa shape index (κ2) is 7.36. The third-order valence-electron chi connectivity index (χ3n) is 3.21. The van der Waals surface area contributed by atoms with Crippen molar-refractivity contribution in [3.05, 3.63) is 23.8 Å². The first-order chi connectivity index (χ1) is 9.29. The van der Waals surface area contributed by atoms with Gasteiger partial charge >= 0.3 is 0 Å². The predicted molar refractivity (Wildman–Crippen MR) is 74.7 cm³/mol. The molecule has 0 saturated heterocycles. The Bertz CT molecular complexity index is 395. The first-order valence-corrected chi connectivity index (χ1v) is 6.97. The van der Waals surface area contributed by atoms with Crippen molar-refractivity contribution in [2.75, 3.05) is 33.4 Å². The lowest BCUT2D eigenvalue weighted by atomic mass is 10.2. The monoisotopic (exact) mass is 265 g/mol. The Labute approximate surface area is 114 Å². The maximum absolute atomic E-state index is 8.78. The number of nitrogens with zero attached hydrogens (tertiary/aromatic N) is 1. The zero-order valence-corrected chi connectivity index (χ0v) is 11.6. The number of fused-ring (bicyclic) bond motifs is 1. The summed E-state index contributed by atoms with van der Waals surface area (Å²) in [5, 5.41) is 8.78. The van der Waals surface area contributed by atoms with E-state index in [1.165, 1.54) is 5.56 Å². The van der Waals surface area contributed by atoms with E-state index in [0.717, 1.165) is 57.1 Å². The highest BCUT2D eigenvalue weighted by Gasteiger charge is 2.11. The Hall–Kier alpha value is -1.26. The fourth-order valence-corrected chi connectivity index (χ4v) is 2.19. The normalized spacial score (nSPS) is 14.5. The fourth-order valence-electron chi connectivity index (χ4n) is 2.19. The fraction of sp³-hybridized carbons (Fsp3) is 0.600. The van der Waals surface area contributed by atoms with E-state index in [-0.39, 0.29) is 6.61 Å². The van der Waals surface area contributed by atoms with E-state index in [0.29, 0.717) is 0 Å². The van der Waals surface area contributed by atoms with E-state index in [4.69, 9.17) is 14.6 Å². The lowest BCUT2D eigenvalue weighted by Gasteiger charge is -2.17. The highest BCUT2D eigenvalue weighted by Crippen LogP contribution is 2.30. The molecule has 0 spiro atoms. The van der Waals surface area contributed by atoms with Crippen LogP contribution in [-0.2, 0) is 6.54 Å². The molecule has 19 heavy (non-hydrogen) atoms. The van der Waals surface area contributed by atoms with Crippen molar-refractivity contribution in [1.82, 2.24) is 4.90 Å². The Morgan fingerprint density at radius 1 is 1.16 bits per heavy atom. The van der Waals surface area contributed by atoms with Crippen LogP contribution in [0.3, 0.4) is 0 Å². The van der Waals surface area contributed by atoms with Gasteiger partial charge < -0.3 is 19.5 Å². The number of aliphatic hydroxyl groups excluding tert-OH is 1. The average molecular weight is 265 g/mol. The van der Waals surface area contributed by atoms with E-state index < -0.39 is 0 Å². The van der Waals surface area contributed by atoms with Gasteiger partial charge in [0.1, 0.15) is 0 Å². The summed E-state index contributed by atoms with van der Waals surface area (Å²) in [5.74, 6) is 1.71. The second-order valence-electron chi connectivity index (χ2n) is 5.00. The second-order valence-corrected chi connectivity index (χ2v) is 5.00. The minimum Gasteiger partial charge on any atom is -0.490 e. The Morgan fingerprint density at radius 2 is 1.95 bits per heavy atom. The molecule has 4 heteroatoms. The third-order valence-corrected chi connectivity index (χ3v) is 3.21. The number of ether oxygens (including phenoxy) is 2. The van der Waals surface area contributed by atoms with Crippen molar-refractivity contribution in [3.8, 4) is 11.5 Å². The van der Waals surface area contributed by atoms with Gasteiger partial charge in [0, 0.05) is 19.6 Å². The molecule has 0 amide bonds. The minimum absolute atomic E-state index is 0.276. The smallest absolute Gasteiger partial charge is 0.161 e. The van der Waals surface area contributed by atoms with Crippen molar-refractivity contribution in [3.63, 3.8) is 0 Å². The molecular weight excluding hydrogens is 242 g/mol. The van der Waals surface area contributed by atoms with Crippen LogP contribution < -0.4 is 9.47 Å². The Kier molecular flexibility index (Phi) is 5.48. The van der Waals surface area contributed by atoms with Gasteiger partial charge in [0.2, 0.25) is 0 Å². The molecule has 1 N–H and O–H groups in total. The van der Waals surface area contributed by atoms with Crippen LogP contribution in [0.2, 0.25) is 0 Å². The minimum atomic E-state index is 0.276. The number of unbranched alkanes of at least 4 members (excludes halogenated alkanes) is 1. The van der Waals surface area contributed by atoms with Crippen LogP contribution in [-0.4, -0.2) is 43.4 Å². The summed E-state index contributed by atoms with van der Waals surface area (Å²) in [6.45, 7) is 3.62. The molecule has 0 aliphatic carbocycles. The van der Waals surface area contributed by atoms with Gasteiger partial charge in [-0.3, -0.25) is 0 Å². The van der Waals surface area contributed by atoms with Gasteiger partial charge in [-0.25, -0.2) is 0 Å². The SMILES string of the molecule is CN(CCCCO)Cc1ccc2c(c1)OCCCO2. The Morgan fingerprint density at radius 3 is 2.74 bits per heavy atom. The molecular formula is C15H23NO3. The molecule has 4 nitrogen and oxygen atoms in total. The molecule has 0 aromatic heterocycles. The van der Waals surface area contributed by atoms with Crippen molar-refractivity contribution in [1.29, 1.82) is 0 Å². The van der Waals surface area contributed by atoms with Gasteiger partial charge in [-0.05, 0) is 44.1 Å². The number of hydrogen-bond acceptors (Lipinski definition) is 4. The molecule has 2 rings (SSSR count). The quantitative estimate of drug-likeness (QED) is 0.799. The van der Waals surface area contributed by atoms with Crippen LogP contribution >= 0.6 is 0 Å². The van der Waals surface area contributed by atoms with Crippen LogP contribution in [0.4, 0.5) is 0 Å². The highest BCUT2D eigenvalue weighted by molar-refractivity contribution is 5.43. The largest absolute Gasteiger partial charge is 0.490 e. The standard InChI is InChI=1S/C15H23NO3/c1-16(7-2-3-8-17)12-13-5-6-14-15(11-13)19-10-4-9-18-14/h5-6,11,17H,2-4,7-10,12H2,1H3. The molecule has 1 aromatic rings. The summed E-state index contributed by atoms with van der Waals surface area (Å²) in [5.41, 5.74) is 1.23. The molecule has 0 fully saturated rings. The van der Waals surface area contributed by atoms with E-state index in [1.807, 2.05) is 6.07 Å². The first kappa shape index (κ1) is 14.2. The molecule has 0 saturated carbocycles. The van der Waals surface area contributed by atoms with Crippen LogP contribution in [0.25, 0.3) is 0 Å². The first-order valence-electron chi connectivity index (χ1n) is 6.97. The maximum Gasteiger partial charge on any atom is 0.161 e. The predicted octanol–water partition coefficient (Wildman–Crippen LogP) is 2.05. The van der Waals surface area contributed by atoms with Crippen molar-refractivity contribution in [2.24, 2.45) is 0 Å². The molecule has 1 aromatic carbocycles. The topological polar surface area (TPSA) is 41.9 Å². The van der Waals surface area contributed by atoms with Gasteiger partial charge in [-0.2, -0.15) is 0 Å². The van der Waals surface area contributed by atoms with Gasteiger partial charge in [0.05, 0.1) is 13.2 Å². The van der Waals surface area contributed by atoms with Crippen LogP contribution in [0.1, 0.15) is 24.8 Å². The zero-order valence-electron chi connectivity index (χ0n) is 11.6. The summed E-state index contributed by atoms with van der Waals surface area (Å²) >= 11 is 0. The molecule has 106 valence electrons. The van der Waals surface area contributed by atoms with E-state index in [9.17, 15) is 0 Å². The summed E-state index contributed by atoms with van der Waals surface area (Å²) in [4.78, 5) is 2.26. The summed E-state index contributed by atoms with van der Waals surface area (Å²) in [6.07, 6.45) is 2.83. The number of aliphatic hydroxyl groups is 1. The Balaban J connectivity index is 1.92. The van der Waals surface area contributed by atoms with Crippen molar-refractivity contribution >= 4 is 0 Å². The van der Waals surface area contributed by atoms with Crippen molar-refractivity contribution in [2.45, 2.75) is 25.8 Å². The highest BCUT2D eigenvalue weighted by atomic mass is 16.5. The van der Waals surface area contributed by atoms with E-state index >= 15 is 0 Å². The molecule has 1 aliphatic rings. The third kappa shape index (κ3) is 4.40.